The molecule has 0 saturated carbocycles. The molecule has 0 aliphatic carbocycles. The third-order valence-corrected chi connectivity index (χ3v) is 5.88. The lowest BCUT2D eigenvalue weighted by atomic mass is 10.0. The van der Waals surface area contributed by atoms with Gasteiger partial charge in [0.1, 0.15) is 5.82 Å². The highest BCUT2D eigenvalue weighted by atomic mass is 15.2. The Hall–Kier alpha value is -2.08. The van der Waals surface area contributed by atoms with Gasteiger partial charge in [-0.15, -0.1) is 0 Å². The first-order valence-electron chi connectivity index (χ1n) is 10.7. The number of aryl methyl sites for hydroxylation is 1. The summed E-state index contributed by atoms with van der Waals surface area (Å²) in [5.74, 6) is 2.47. The summed E-state index contributed by atoms with van der Waals surface area (Å²) in [4.78, 5) is 11.8. The van der Waals surface area contributed by atoms with Crippen LogP contribution in [-0.2, 0) is 13.6 Å². The van der Waals surface area contributed by atoms with E-state index in [1.807, 2.05) is 13.1 Å². The lowest BCUT2D eigenvalue weighted by Gasteiger charge is -2.34. The second-order valence-corrected chi connectivity index (χ2v) is 8.14. The van der Waals surface area contributed by atoms with Crippen LogP contribution in [-0.4, -0.2) is 53.1 Å². The van der Waals surface area contributed by atoms with E-state index in [2.05, 4.69) is 64.2 Å². The summed E-state index contributed by atoms with van der Waals surface area (Å²) in [6.45, 7) is 8.66. The number of hydrogen-bond acceptors (Lipinski definition) is 3. The van der Waals surface area contributed by atoms with Gasteiger partial charge in [-0.05, 0) is 44.0 Å². The van der Waals surface area contributed by atoms with Crippen molar-refractivity contribution < 1.29 is 0 Å². The third-order valence-electron chi connectivity index (χ3n) is 5.88. The molecule has 1 atom stereocenters. The quantitative estimate of drug-likeness (QED) is 0.593. The fourth-order valence-corrected chi connectivity index (χ4v) is 4.15. The SMILES string of the molecule is CN=C(NCc1nc2ccccc2n1C)NCC(C(C)C)N1CCCCCC1. The predicted molar refractivity (Wildman–Crippen MR) is 118 cm³/mol. The normalized spacial score (nSPS) is 17.7. The molecule has 2 heterocycles. The smallest absolute Gasteiger partial charge is 0.191 e. The zero-order valence-corrected chi connectivity index (χ0v) is 17.9. The van der Waals surface area contributed by atoms with E-state index in [0.717, 1.165) is 29.4 Å². The molecule has 0 amide bonds. The van der Waals surface area contributed by atoms with Crippen LogP contribution in [0.5, 0.6) is 0 Å². The van der Waals surface area contributed by atoms with Crippen molar-refractivity contribution in [3.8, 4) is 0 Å². The van der Waals surface area contributed by atoms with Gasteiger partial charge in [-0.1, -0.05) is 38.8 Å². The first-order chi connectivity index (χ1) is 13.6. The summed E-state index contributed by atoms with van der Waals surface area (Å²) >= 11 is 0. The van der Waals surface area contributed by atoms with Gasteiger partial charge in [0.25, 0.3) is 0 Å². The number of nitrogens with one attached hydrogen (secondary N) is 2. The Morgan fingerprint density at radius 3 is 2.46 bits per heavy atom. The molecule has 1 aromatic carbocycles. The number of hydrogen-bond donors (Lipinski definition) is 2. The minimum atomic E-state index is 0.535. The molecule has 1 aromatic heterocycles. The Labute approximate surface area is 169 Å². The van der Waals surface area contributed by atoms with Crippen molar-refractivity contribution in [1.29, 1.82) is 0 Å². The van der Waals surface area contributed by atoms with Crippen molar-refractivity contribution >= 4 is 17.0 Å². The van der Waals surface area contributed by atoms with Gasteiger partial charge >= 0.3 is 0 Å². The number of likely N-dealkylation sites (tertiary alicyclic amines) is 1. The van der Waals surface area contributed by atoms with Gasteiger partial charge in [0.05, 0.1) is 17.6 Å². The highest BCUT2D eigenvalue weighted by Crippen LogP contribution is 2.17. The second kappa shape index (κ2) is 9.92. The zero-order valence-electron chi connectivity index (χ0n) is 17.9. The van der Waals surface area contributed by atoms with Crippen LogP contribution in [0.25, 0.3) is 11.0 Å². The number of aliphatic imine (C=N–C) groups is 1. The summed E-state index contributed by atoms with van der Waals surface area (Å²) in [5, 5.41) is 6.99. The standard InChI is InChI=1S/C22H36N6/c1-17(2)20(28-13-9-5-6-10-14-28)15-24-22(23-3)25-16-21-26-18-11-7-8-12-19(18)27(21)4/h7-8,11-12,17,20H,5-6,9-10,13-16H2,1-4H3,(H2,23,24,25). The van der Waals surface area contributed by atoms with E-state index < -0.39 is 0 Å². The van der Waals surface area contributed by atoms with Crippen molar-refractivity contribution in [2.45, 2.75) is 52.1 Å². The van der Waals surface area contributed by atoms with Gasteiger partial charge in [-0.2, -0.15) is 0 Å². The van der Waals surface area contributed by atoms with E-state index in [-0.39, 0.29) is 0 Å². The first kappa shape index (κ1) is 20.6. The Kier molecular flexibility index (Phi) is 7.31. The van der Waals surface area contributed by atoms with Crippen LogP contribution in [0.15, 0.2) is 29.3 Å². The van der Waals surface area contributed by atoms with Gasteiger partial charge in [-0.25, -0.2) is 4.98 Å². The average molecular weight is 385 g/mol. The number of imidazole rings is 1. The van der Waals surface area contributed by atoms with Gasteiger partial charge in [-0.3, -0.25) is 9.89 Å². The Balaban J connectivity index is 1.57. The highest BCUT2D eigenvalue weighted by molar-refractivity contribution is 5.80. The summed E-state index contributed by atoms with van der Waals surface area (Å²) in [5.41, 5.74) is 2.19. The molecule has 0 spiro atoms. The fourth-order valence-electron chi connectivity index (χ4n) is 4.15. The van der Waals surface area contributed by atoms with Crippen LogP contribution >= 0.6 is 0 Å². The topological polar surface area (TPSA) is 57.5 Å². The average Bonchev–Trinajstić information content (AvgIpc) is 2.86. The molecule has 1 aliphatic rings. The molecule has 1 fully saturated rings. The maximum absolute atomic E-state index is 4.74. The summed E-state index contributed by atoms with van der Waals surface area (Å²) in [6.07, 6.45) is 5.39. The fraction of sp³-hybridized carbons (Fsp3) is 0.636. The van der Waals surface area contributed by atoms with E-state index in [4.69, 9.17) is 4.98 Å². The molecular formula is C22H36N6. The summed E-state index contributed by atoms with van der Waals surface area (Å²) in [6, 6.07) is 8.78. The Morgan fingerprint density at radius 2 is 1.82 bits per heavy atom. The van der Waals surface area contributed by atoms with Gasteiger partial charge in [0.15, 0.2) is 5.96 Å². The second-order valence-electron chi connectivity index (χ2n) is 8.14. The maximum Gasteiger partial charge on any atom is 0.191 e. The molecule has 1 saturated heterocycles. The van der Waals surface area contributed by atoms with Crippen LogP contribution in [0.1, 0.15) is 45.4 Å². The van der Waals surface area contributed by atoms with E-state index in [0.29, 0.717) is 18.5 Å². The third kappa shape index (κ3) is 5.04. The van der Waals surface area contributed by atoms with Gasteiger partial charge in [0, 0.05) is 26.7 Å². The van der Waals surface area contributed by atoms with Crippen LogP contribution in [0.3, 0.4) is 0 Å². The number of nitrogens with zero attached hydrogens (tertiary/aromatic N) is 4. The van der Waals surface area contributed by atoms with E-state index >= 15 is 0 Å². The van der Waals surface area contributed by atoms with Crippen molar-refractivity contribution in [2.24, 2.45) is 18.0 Å². The Bertz CT molecular complexity index is 770. The number of para-hydroxylation sites is 2. The maximum atomic E-state index is 4.74. The van der Waals surface area contributed by atoms with Gasteiger partial charge in [0.2, 0.25) is 0 Å². The number of aromatic nitrogens is 2. The van der Waals surface area contributed by atoms with Crippen molar-refractivity contribution in [3.05, 3.63) is 30.1 Å². The van der Waals surface area contributed by atoms with Gasteiger partial charge < -0.3 is 15.2 Å². The van der Waals surface area contributed by atoms with Crippen LogP contribution in [0.2, 0.25) is 0 Å². The van der Waals surface area contributed by atoms with Crippen LogP contribution in [0, 0.1) is 5.92 Å². The number of fused-ring (bicyclic) bond motifs is 1. The zero-order chi connectivity index (χ0) is 19.9. The lowest BCUT2D eigenvalue weighted by molar-refractivity contribution is 0.161. The molecule has 2 N–H and O–H groups in total. The minimum Gasteiger partial charge on any atom is -0.355 e. The van der Waals surface area contributed by atoms with Crippen LogP contribution in [0.4, 0.5) is 0 Å². The van der Waals surface area contributed by atoms with E-state index in [1.54, 1.807) is 0 Å². The largest absolute Gasteiger partial charge is 0.355 e. The predicted octanol–water partition coefficient (Wildman–Crippen LogP) is 3.14. The number of rotatable bonds is 6. The minimum absolute atomic E-state index is 0.535. The molecule has 6 heteroatoms. The van der Waals surface area contributed by atoms with Crippen molar-refractivity contribution in [1.82, 2.24) is 25.1 Å². The lowest BCUT2D eigenvalue weighted by Crippen LogP contribution is -2.49. The highest BCUT2D eigenvalue weighted by Gasteiger charge is 2.23. The molecule has 3 rings (SSSR count). The molecule has 28 heavy (non-hydrogen) atoms. The van der Waals surface area contributed by atoms with E-state index in [1.165, 1.54) is 38.8 Å². The molecule has 154 valence electrons. The molecule has 6 nitrogen and oxygen atoms in total. The molecular weight excluding hydrogens is 348 g/mol. The van der Waals surface area contributed by atoms with Crippen molar-refractivity contribution in [2.75, 3.05) is 26.7 Å². The number of benzene rings is 1. The molecule has 0 bridgehead atoms. The molecule has 1 aliphatic heterocycles. The summed E-state index contributed by atoms with van der Waals surface area (Å²) in [7, 11) is 3.90. The van der Waals surface area contributed by atoms with Crippen molar-refractivity contribution in [3.63, 3.8) is 0 Å². The van der Waals surface area contributed by atoms with E-state index in [9.17, 15) is 0 Å². The van der Waals surface area contributed by atoms with Crippen LogP contribution < -0.4 is 10.6 Å². The summed E-state index contributed by atoms with van der Waals surface area (Å²) < 4.78 is 2.14. The molecule has 1 unspecified atom stereocenters. The molecule has 2 aromatic rings. The monoisotopic (exact) mass is 384 g/mol. The Morgan fingerprint density at radius 1 is 1.11 bits per heavy atom. The first-order valence-corrected chi connectivity index (χ1v) is 10.7. The molecule has 0 radical (unpaired) electrons. The number of guanidine groups is 1.